The summed E-state index contributed by atoms with van der Waals surface area (Å²) >= 11 is 0. The van der Waals surface area contributed by atoms with Crippen LogP contribution < -0.4 is 10.6 Å². The van der Waals surface area contributed by atoms with E-state index in [1.165, 1.54) is 0 Å². The molecular formula is C14H26N2O3. The zero-order chi connectivity index (χ0) is 14.8. The summed E-state index contributed by atoms with van der Waals surface area (Å²) in [5.41, 5.74) is -0.649. The highest BCUT2D eigenvalue weighted by molar-refractivity contribution is 5.78. The van der Waals surface area contributed by atoms with Gasteiger partial charge in [0.25, 0.3) is 0 Å². The summed E-state index contributed by atoms with van der Waals surface area (Å²) in [6.45, 7) is 12.3. The Morgan fingerprint density at radius 2 is 1.89 bits per heavy atom. The lowest BCUT2D eigenvalue weighted by atomic mass is 9.78. The van der Waals surface area contributed by atoms with Crippen LogP contribution in [-0.4, -0.2) is 30.2 Å². The van der Waals surface area contributed by atoms with E-state index in [2.05, 4.69) is 31.4 Å². The summed E-state index contributed by atoms with van der Waals surface area (Å²) in [6, 6.07) is -0.0960. The first kappa shape index (κ1) is 15.8. The summed E-state index contributed by atoms with van der Waals surface area (Å²) in [5.74, 6) is 0.158. The highest BCUT2D eigenvalue weighted by atomic mass is 16.6. The van der Waals surface area contributed by atoms with Gasteiger partial charge >= 0.3 is 6.09 Å². The van der Waals surface area contributed by atoms with Gasteiger partial charge in [0, 0.05) is 24.9 Å². The molecule has 0 aromatic carbocycles. The Labute approximate surface area is 115 Å². The maximum atomic E-state index is 11.9. The van der Waals surface area contributed by atoms with Gasteiger partial charge in [-0.2, -0.15) is 0 Å². The van der Waals surface area contributed by atoms with Crippen molar-refractivity contribution in [2.75, 3.05) is 6.54 Å². The van der Waals surface area contributed by atoms with Crippen LogP contribution in [0.2, 0.25) is 0 Å². The van der Waals surface area contributed by atoms with E-state index in [4.69, 9.17) is 4.74 Å². The molecule has 0 bridgehead atoms. The van der Waals surface area contributed by atoms with Crippen LogP contribution in [0.25, 0.3) is 0 Å². The van der Waals surface area contributed by atoms with Crippen LogP contribution >= 0.6 is 0 Å². The first-order chi connectivity index (χ1) is 8.49. The first-order valence-electron chi connectivity index (χ1n) is 6.75. The van der Waals surface area contributed by atoms with Crippen molar-refractivity contribution in [2.45, 2.75) is 59.6 Å². The number of amides is 2. The Bertz CT molecular complexity index is 353. The quantitative estimate of drug-likeness (QED) is 0.807. The van der Waals surface area contributed by atoms with E-state index in [1.54, 1.807) is 0 Å². The molecule has 1 rings (SSSR count). The summed E-state index contributed by atoms with van der Waals surface area (Å²) < 4.78 is 5.29. The highest BCUT2D eigenvalue weighted by Crippen LogP contribution is 2.29. The maximum absolute atomic E-state index is 11.9. The van der Waals surface area contributed by atoms with Crippen molar-refractivity contribution in [1.29, 1.82) is 0 Å². The Hall–Kier alpha value is -1.26. The van der Waals surface area contributed by atoms with Gasteiger partial charge in [-0.05, 0) is 26.2 Å². The highest BCUT2D eigenvalue weighted by Gasteiger charge is 2.38. The summed E-state index contributed by atoms with van der Waals surface area (Å²) in [5, 5.41) is 5.74. The van der Waals surface area contributed by atoms with Crippen LogP contribution in [0.4, 0.5) is 4.79 Å². The summed E-state index contributed by atoms with van der Waals surface area (Å²) in [7, 11) is 0. The van der Waals surface area contributed by atoms with Crippen LogP contribution in [0.1, 0.15) is 48.0 Å². The third-order valence-corrected chi connectivity index (χ3v) is 3.09. The second-order valence-corrected chi connectivity index (χ2v) is 7.26. The van der Waals surface area contributed by atoms with Crippen molar-refractivity contribution >= 4 is 12.0 Å². The average Bonchev–Trinajstić information content (AvgIpc) is 2.56. The normalized spacial score (nSPS) is 21.8. The minimum atomic E-state index is -0.518. The predicted molar refractivity (Wildman–Crippen MR) is 73.7 cm³/mol. The van der Waals surface area contributed by atoms with Gasteiger partial charge in [-0.1, -0.05) is 20.8 Å². The van der Waals surface area contributed by atoms with Crippen molar-refractivity contribution < 1.29 is 14.3 Å². The molecule has 0 radical (unpaired) electrons. The third kappa shape index (κ3) is 5.09. The minimum absolute atomic E-state index is 0.0465. The molecule has 1 aliphatic rings. The van der Waals surface area contributed by atoms with Gasteiger partial charge in [0.1, 0.15) is 5.60 Å². The molecule has 2 atom stereocenters. The second kappa shape index (κ2) is 5.39. The molecule has 0 saturated carbocycles. The fourth-order valence-electron chi connectivity index (χ4n) is 2.34. The molecule has 0 aliphatic carbocycles. The molecule has 1 heterocycles. The third-order valence-electron chi connectivity index (χ3n) is 3.09. The minimum Gasteiger partial charge on any atom is -0.444 e. The molecule has 110 valence electrons. The van der Waals surface area contributed by atoms with Crippen LogP contribution in [-0.2, 0) is 9.53 Å². The van der Waals surface area contributed by atoms with Crippen molar-refractivity contribution in [3.63, 3.8) is 0 Å². The van der Waals surface area contributed by atoms with Crippen LogP contribution in [0.15, 0.2) is 0 Å². The molecule has 5 nitrogen and oxygen atoms in total. The first-order valence-corrected chi connectivity index (χ1v) is 6.75. The van der Waals surface area contributed by atoms with Gasteiger partial charge < -0.3 is 15.4 Å². The van der Waals surface area contributed by atoms with E-state index in [0.717, 1.165) is 0 Å². The van der Waals surface area contributed by atoms with E-state index in [1.807, 2.05) is 20.8 Å². The SMILES string of the molecule is CC(C)(C)OC(=O)NC(C1CNC(=O)C1)C(C)(C)C. The topological polar surface area (TPSA) is 67.4 Å². The number of hydrogen-bond acceptors (Lipinski definition) is 3. The number of carbonyl (C=O) groups is 2. The molecule has 2 N–H and O–H groups in total. The molecule has 5 heteroatoms. The van der Waals surface area contributed by atoms with E-state index in [-0.39, 0.29) is 23.3 Å². The van der Waals surface area contributed by atoms with Gasteiger partial charge in [0.05, 0.1) is 0 Å². The number of alkyl carbamates (subject to hydrolysis) is 1. The molecule has 2 amide bonds. The van der Waals surface area contributed by atoms with E-state index >= 15 is 0 Å². The number of hydrogen-bond donors (Lipinski definition) is 2. The van der Waals surface area contributed by atoms with Crippen molar-refractivity contribution in [2.24, 2.45) is 11.3 Å². The van der Waals surface area contributed by atoms with Gasteiger partial charge in [0.15, 0.2) is 0 Å². The molecule has 1 aliphatic heterocycles. The molecular weight excluding hydrogens is 244 g/mol. The maximum Gasteiger partial charge on any atom is 0.407 e. The molecule has 2 unspecified atom stereocenters. The lowest BCUT2D eigenvalue weighted by Crippen LogP contribution is -2.50. The smallest absolute Gasteiger partial charge is 0.407 e. The van der Waals surface area contributed by atoms with Gasteiger partial charge in [-0.3, -0.25) is 4.79 Å². The molecule has 0 aromatic rings. The zero-order valence-corrected chi connectivity index (χ0v) is 12.8. The molecule has 19 heavy (non-hydrogen) atoms. The van der Waals surface area contributed by atoms with Gasteiger partial charge in [-0.15, -0.1) is 0 Å². The fourth-order valence-corrected chi connectivity index (χ4v) is 2.34. The van der Waals surface area contributed by atoms with E-state index < -0.39 is 11.7 Å². The summed E-state index contributed by atoms with van der Waals surface area (Å²) in [6.07, 6.45) is 0.0318. The van der Waals surface area contributed by atoms with Crippen LogP contribution in [0.3, 0.4) is 0 Å². The Morgan fingerprint density at radius 1 is 1.32 bits per heavy atom. The predicted octanol–water partition coefficient (Wildman–Crippen LogP) is 2.06. The number of ether oxygens (including phenoxy) is 1. The number of carbonyl (C=O) groups excluding carboxylic acids is 2. The van der Waals surface area contributed by atoms with Gasteiger partial charge in [0.2, 0.25) is 5.91 Å². The zero-order valence-electron chi connectivity index (χ0n) is 12.8. The molecule has 0 aromatic heterocycles. The van der Waals surface area contributed by atoms with Crippen LogP contribution in [0.5, 0.6) is 0 Å². The second-order valence-electron chi connectivity index (χ2n) is 7.26. The Kier molecular flexibility index (Phi) is 4.48. The van der Waals surface area contributed by atoms with Crippen LogP contribution in [0, 0.1) is 11.3 Å². The van der Waals surface area contributed by atoms with E-state index in [0.29, 0.717) is 13.0 Å². The lowest BCUT2D eigenvalue weighted by molar-refractivity contribution is -0.119. The fraction of sp³-hybridized carbons (Fsp3) is 0.857. The van der Waals surface area contributed by atoms with Crippen molar-refractivity contribution in [1.82, 2.24) is 10.6 Å². The monoisotopic (exact) mass is 270 g/mol. The van der Waals surface area contributed by atoms with Crippen molar-refractivity contribution in [3.05, 3.63) is 0 Å². The Morgan fingerprint density at radius 3 is 2.26 bits per heavy atom. The standard InChI is InChI=1S/C14H26N2O3/c1-13(2,3)11(9-7-10(17)15-8-9)16-12(18)19-14(4,5)6/h9,11H,7-8H2,1-6H3,(H,15,17)(H,16,18). The number of nitrogens with one attached hydrogen (secondary N) is 2. The largest absolute Gasteiger partial charge is 0.444 e. The van der Waals surface area contributed by atoms with Crippen molar-refractivity contribution in [3.8, 4) is 0 Å². The van der Waals surface area contributed by atoms with Gasteiger partial charge in [-0.25, -0.2) is 4.79 Å². The molecule has 1 fully saturated rings. The van der Waals surface area contributed by atoms with E-state index in [9.17, 15) is 9.59 Å². The average molecular weight is 270 g/mol. The lowest BCUT2D eigenvalue weighted by Gasteiger charge is -2.35. The Balaban J connectivity index is 2.71. The summed E-state index contributed by atoms with van der Waals surface area (Å²) in [4.78, 5) is 23.3. The number of rotatable bonds is 2. The molecule has 0 spiro atoms. The molecule has 1 saturated heterocycles.